The fourth-order valence-electron chi connectivity index (χ4n) is 7.12. The quantitative estimate of drug-likeness (QED) is 0.196. The van der Waals surface area contributed by atoms with E-state index in [0.717, 1.165) is 88.0 Å². The first kappa shape index (κ1) is 27.5. The Hall–Kier alpha value is -6.65. The van der Waals surface area contributed by atoms with E-state index in [1.165, 1.54) is 5.39 Å². The summed E-state index contributed by atoms with van der Waals surface area (Å²) in [7, 11) is 0. The van der Waals surface area contributed by atoms with Gasteiger partial charge in [-0.3, -0.25) is 0 Å². The zero-order valence-electron chi connectivity index (χ0n) is 26.3. The van der Waals surface area contributed by atoms with E-state index in [1.807, 2.05) is 48.5 Å². The van der Waals surface area contributed by atoms with E-state index >= 15 is 0 Å². The third-order valence-corrected chi connectivity index (χ3v) is 9.45. The standard InChI is InChI=1S/C45H27N3O/c1-3-11-28(12-4-1)39-27-40(48-45(47-39)29-13-5-2-6-14-29)36-22-23-38-35-19-10-20-42-43(35)37-26-31(21-24-41(37)49-42)34-18-8-7-17-33(34)30-15-9-16-32(25-30)44(36)46-38/h1-27H. The average molecular weight is 626 g/mol. The van der Waals surface area contributed by atoms with Gasteiger partial charge in [0.2, 0.25) is 0 Å². The highest BCUT2D eigenvalue weighted by Crippen LogP contribution is 2.38. The van der Waals surface area contributed by atoms with Crippen molar-refractivity contribution in [1.29, 1.82) is 0 Å². The Bertz CT molecular complexity index is 2870. The zero-order valence-corrected chi connectivity index (χ0v) is 26.3. The minimum absolute atomic E-state index is 0.672. The molecule has 6 bridgehead atoms. The average Bonchev–Trinajstić information content (AvgIpc) is 3.56. The van der Waals surface area contributed by atoms with E-state index in [9.17, 15) is 0 Å². The van der Waals surface area contributed by atoms with Crippen LogP contribution < -0.4 is 0 Å². The van der Waals surface area contributed by atoms with Crippen LogP contribution in [0.4, 0.5) is 0 Å². The summed E-state index contributed by atoms with van der Waals surface area (Å²) in [5.74, 6) is 0.672. The highest BCUT2D eigenvalue weighted by atomic mass is 16.3. The van der Waals surface area contributed by atoms with E-state index in [4.69, 9.17) is 19.4 Å². The van der Waals surface area contributed by atoms with Gasteiger partial charge < -0.3 is 4.42 Å². The molecule has 228 valence electrons. The van der Waals surface area contributed by atoms with Gasteiger partial charge >= 0.3 is 0 Å². The summed E-state index contributed by atoms with van der Waals surface area (Å²) in [6, 6.07) is 56.9. The number of fused-ring (bicyclic) bond motifs is 10. The predicted octanol–water partition coefficient (Wildman–Crippen LogP) is 11.9. The lowest BCUT2D eigenvalue weighted by atomic mass is 10.0. The predicted molar refractivity (Wildman–Crippen MR) is 202 cm³/mol. The maximum atomic E-state index is 6.41. The molecule has 0 radical (unpaired) electrons. The van der Waals surface area contributed by atoms with Crippen molar-refractivity contribution in [2.45, 2.75) is 0 Å². The van der Waals surface area contributed by atoms with Crippen molar-refractivity contribution >= 4 is 65.3 Å². The van der Waals surface area contributed by atoms with Crippen LogP contribution in [0.25, 0.3) is 99.2 Å². The van der Waals surface area contributed by atoms with Crippen LogP contribution in [0.1, 0.15) is 0 Å². The van der Waals surface area contributed by atoms with Gasteiger partial charge in [0.25, 0.3) is 0 Å². The Morgan fingerprint density at radius 2 is 1.06 bits per heavy atom. The lowest BCUT2D eigenvalue weighted by Crippen LogP contribution is -1.97. The number of furan rings is 1. The molecule has 4 nitrogen and oxygen atoms in total. The first-order valence-electron chi connectivity index (χ1n) is 16.4. The highest BCUT2D eigenvalue weighted by Gasteiger charge is 2.16. The molecule has 10 aromatic rings. The fourth-order valence-corrected chi connectivity index (χ4v) is 7.12. The molecule has 0 fully saturated rings. The van der Waals surface area contributed by atoms with Gasteiger partial charge in [-0.05, 0) is 64.0 Å². The second-order valence-electron chi connectivity index (χ2n) is 12.4. The Labute approximate surface area is 281 Å². The van der Waals surface area contributed by atoms with E-state index in [1.54, 1.807) is 0 Å². The Morgan fingerprint density at radius 1 is 0.388 bits per heavy atom. The number of hydrogen-bond acceptors (Lipinski definition) is 4. The molecule has 6 aromatic carbocycles. The molecule has 0 saturated heterocycles. The second kappa shape index (κ2) is 11.0. The van der Waals surface area contributed by atoms with Crippen molar-refractivity contribution in [1.82, 2.24) is 15.0 Å². The van der Waals surface area contributed by atoms with Crippen LogP contribution in [0.15, 0.2) is 168 Å². The lowest BCUT2D eigenvalue weighted by molar-refractivity contribution is 0.669. The summed E-state index contributed by atoms with van der Waals surface area (Å²) in [5, 5.41) is 8.78. The molecular weight excluding hydrogens is 599 g/mol. The summed E-state index contributed by atoms with van der Waals surface area (Å²) in [6.45, 7) is 0. The molecule has 4 heterocycles. The molecule has 0 atom stereocenters. The molecule has 0 aliphatic carbocycles. The van der Waals surface area contributed by atoms with Crippen molar-refractivity contribution in [2.75, 3.05) is 0 Å². The summed E-state index contributed by atoms with van der Waals surface area (Å²) in [5.41, 5.74) is 8.04. The van der Waals surface area contributed by atoms with Gasteiger partial charge in [-0.1, -0.05) is 121 Å². The maximum absolute atomic E-state index is 6.41. The molecular formula is C45H27N3O. The third kappa shape index (κ3) is 4.57. The first-order valence-corrected chi connectivity index (χ1v) is 16.4. The number of aromatic nitrogens is 3. The molecule has 0 unspecified atom stereocenters. The minimum Gasteiger partial charge on any atom is -0.456 e. The number of benzene rings is 6. The smallest absolute Gasteiger partial charge is 0.160 e. The van der Waals surface area contributed by atoms with Gasteiger partial charge in [0.05, 0.1) is 22.4 Å². The van der Waals surface area contributed by atoms with Crippen molar-refractivity contribution in [3.8, 4) is 33.9 Å². The molecule has 4 heteroatoms. The molecule has 0 amide bonds. The van der Waals surface area contributed by atoms with E-state index in [2.05, 4.69) is 115 Å². The van der Waals surface area contributed by atoms with Crippen LogP contribution in [-0.2, 0) is 0 Å². The van der Waals surface area contributed by atoms with E-state index in [-0.39, 0.29) is 0 Å². The Kier molecular flexibility index (Phi) is 6.15. The fraction of sp³-hybridized carbons (Fsp3) is 0. The van der Waals surface area contributed by atoms with Gasteiger partial charge in [0, 0.05) is 38.2 Å². The summed E-state index contributed by atoms with van der Waals surface area (Å²) in [6.07, 6.45) is 0. The SMILES string of the molecule is c1ccc(-c2cc(-c3ccc4nc3c3cccc(c3)c3ccccc3c3ccc5oc6cccc4c6c5c3)nc(-c3ccccc3)n2)cc1. The third-order valence-electron chi connectivity index (χ3n) is 9.45. The number of pyridine rings is 1. The van der Waals surface area contributed by atoms with Crippen molar-refractivity contribution < 1.29 is 4.42 Å². The van der Waals surface area contributed by atoms with Crippen LogP contribution in [0, 0.1) is 0 Å². The largest absolute Gasteiger partial charge is 0.456 e. The van der Waals surface area contributed by atoms with Crippen LogP contribution in [-0.4, -0.2) is 15.0 Å². The lowest BCUT2D eigenvalue weighted by Gasteiger charge is -2.11. The normalized spacial score (nSPS) is 11.7. The molecule has 0 saturated carbocycles. The highest BCUT2D eigenvalue weighted by molar-refractivity contribution is 6.20. The molecule has 0 aliphatic heterocycles. The van der Waals surface area contributed by atoms with Crippen molar-refractivity contribution in [3.05, 3.63) is 164 Å². The molecule has 0 aliphatic rings. The van der Waals surface area contributed by atoms with Crippen molar-refractivity contribution in [2.24, 2.45) is 0 Å². The minimum atomic E-state index is 0.672. The number of rotatable bonds is 3. The number of hydrogen-bond donors (Lipinski definition) is 0. The van der Waals surface area contributed by atoms with Crippen LogP contribution >= 0.6 is 0 Å². The van der Waals surface area contributed by atoms with Gasteiger partial charge in [-0.2, -0.15) is 0 Å². The van der Waals surface area contributed by atoms with Crippen LogP contribution in [0.5, 0.6) is 0 Å². The monoisotopic (exact) mass is 625 g/mol. The second-order valence-corrected chi connectivity index (χ2v) is 12.4. The van der Waals surface area contributed by atoms with E-state index in [0.29, 0.717) is 5.82 Å². The number of nitrogens with zero attached hydrogens (tertiary/aromatic N) is 3. The summed E-state index contributed by atoms with van der Waals surface area (Å²) < 4.78 is 6.41. The van der Waals surface area contributed by atoms with Crippen molar-refractivity contribution in [3.63, 3.8) is 0 Å². The van der Waals surface area contributed by atoms with Gasteiger partial charge in [-0.25, -0.2) is 15.0 Å². The topological polar surface area (TPSA) is 51.8 Å². The Balaban J connectivity index is 1.38. The van der Waals surface area contributed by atoms with Crippen LogP contribution in [0.2, 0.25) is 0 Å². The van der Waals surface area contributed by atoms with Gasteiger partial charge in [0.1, 0.15) is 11.2 Å². The van der Waals surface area contributed by atoms with E-state index < -0.39 is 0 Å². The zero-order chi connectivity index (χ0) is 32.3. The molecule has 49 heavy (non-hydrogen) atoms. The Morgan fingerprint density at radius 3 is 1.88 bits per heavy atom. The molecule has 4 aromatic heterocycles. The summed E-state index contributed by atoms with van der Waals surface area (Å²) in [4.78, 5) is 15.7. The first-order chi connectivity index (χ1) is 24.3. The molecule has 10 rings (SSSR count). The summed E-state index contributed by atoms with van der Waals surface area (Å²) >= 11 is 0. The van der Waals surface area contributed by atoms with Crippen LogP contribution in [0.3, 0.4) is 0 Å². The van der Waals surface area contributed by atoms with Gasteiger partial charge in [-0.15, -0.1) is 0 Å². The molecule has 0 spiro atoms. The maximum Gasteiger partial charge on any atom is 0.160 e. The van der Waals surface area contributed by atoms with Gasteiger partial charge in [0.15, 0.2) is 5.82 Å². The molecule has 0 N–H and O–H groups in total.